The minimum absolute atomic E-state index is 0.00688. The molecule has 5 heteroatoms. The molecule has 0 aromatic carbocycles. The molecule has 0 spiro atoms. The summed E-state index contributed by atoms with van der Waals surface area (Å²) in [5, 5.41) is 9.33. The molecule has 3 unspecified atom stereocenters. The average Bonchev–Trinajstić information content (AvgIpc) is 2.91. The molecule has 1 aliphatic carbocycles. The van der Waals surface area contributed by atoms with Crippen LogP contribution in [0.1, 0.15) is 48.4 Å². The van der Waals surface area contributed by atoms with E-state index in [1.54, 1.807) is 23.3 Å². The van der Waals surface area contributed by atoms with Crippen LogP contribution in [0.15, 0.2) is 12.1 Å². The van der Waals surface area contributed by atoms with Gasteiger partial charge in [-0.2, -0.15) is 0 Å². The van der Waals surface area contributed by atoms with Crippen LogP contribution in [-0.2, 0) is 9.59 Å². The predicted octanol–water partition coefficient (Wildman–Crippen LogP) is 3.47. The second kappa shape index (κ2) is 6.60. The molecule has 1 heterocycles. The molecule has 0 aliphatic heterocycles. The maximum absolute atomic E-state index is 12.7. The molecule has 1 aromatic heterocycles. The molecule has 21 heavy (non-hydrogen) atoms. The van der Waals surface area contributed by atoms with E-state index in [-0.39, 0.29) is 17.9 Å². The summed E-state index contributed by atoms with van der Waals surface area (Å²) in [4.78, 5) is 28.2. The van der Waals surface area contributed by atoms with E-state index >= 15 is 0 Å². The summed E-state index contributed by atoms with van der Waals surface area (Å²) in [5.41, 5.74) is 0. The quantitative estimate of drug-likeness (QED) is 0.926. The fraction of sp³-hybridized carbons (Fsp3) is 0.625. The molecule has 0 bridgehead atoms. The lowest BCUT2D eigenvalue weighted by atomic mass is 9.78. The molecule has 0 saturated heterocycles. The smallest absolute Gasteiger partial charge is 0.307 e. The lowest BCUT2D eigenvalue weighted by Crippen LogP contribution is -2.41. The van der Waals surface area contributed by atoms with E-state index < -0.39 is 11.9 Å². The van der Waals surface area contributed by atoms with Crippen molar-refractivity contribution in [2.24, 2.45) is 11.8 Å². The molecule has 0 radical (unpaired) electrons. The maximum Gasteiger partial charge on any atom is 0.307 e. The summed E-state index contributed by atoms with van der Waals surface area (Å²) in [6.07, 6.45) is 3.16. The van der Waals surface area contributed by atoms with Gasteiger partial charge < -0.3 is 10.0 Å². The van der Waals surface area contributed by atoms with E-state index in [2.05, 4.69) is 6.07 Å². The van der Waals surface area contributed by atoms with E-state index in [4.69, 9.17) is 0 Å². The van der Waals surface area contributed by atoms with Gasteiger partial charge in [0.2, 0.25) is 5.91 Å². The number of hydrogen-bond acceptors (Lipinski definition) is 3. The number of carbonyl (C=O) groups is 2. The Morgan fingerprint density at radius 3 is 2.43 bits per heavy atom. The van der Waals surface area contributed by atoms with Gasteiger partial charge in [-0.05, 0) is 38.8 Å². The number of aliphatic carboxylic acids is 1. The normalized spacial score (nSPS) is 23.6. The molecule has 1 N–H and O–H groups in total. The van der Waals surface area contributed by atoms with Crippen LogP contribution in [0.4, 0.5) is 0 Å². The molecule has 116 valence electrons. The molecule has 3 atom stereocenters. The van der Waals surface area contributed by atoms with Crippen molar-refractivity contribution in [1.82, 2.24) is 4.90 Å². The Labute approximate surface area is 129 Å². The van der Waals surface area contributed by atoms with Crippen LogP contribution in [0.5, 0.6) is 0 Å². The third kappa shape index (κ3) is 3.46. The van der Waals surface area contributed by atoms with E-state index in [1.165, 1.54) is 4.88 Å². The highest BCUT2D eigenvalue weighted by atomic mass is 32.1. The van der Waals surface area contributed by atoms with Crippen LogP contribution in [0.25, 0.3) is 0 Å². The van der Waals surface area contributed by atoms with Gasteiger partial charge in [-0.25, -0.2) is 0 Å². The third-order valence-electron chi connectivity index (χ3n) is 4.50. The number of carboxylic acid groups (broad SMARTS) is 1. The first-order chi connectivity index (χ1) is 9.91. The zero-order valence-electron chi connectivity index (χ0n) is 12.8. The average molecular weight is 309 g/mol. The minimum Gasteiger partial charge on any atom is -0.481 e. The molecule has 4 nitrogen and oxygen atoms in total. The number of carboxylic acids is 1. The van der Waals surface area contributed by atoms with E-state index in [0.29, 0.717) is 12.8 Å². The van der Waals surface area contributed by atoms with Crippen molar-refractivity contribution in [1.29, 1.82) is 0 Å². The number of aryl methyl sites for hydroxylation is 1. The highest BCUT2D eigenvalue weighted by Gasteiger charge is 2.38. The number of rotatable bonds is 4. The standard InChI is InChI=1S/C16H23NO3S/c1-10-8-9-14(21-10)11(2)17(3)15(18)12-6-4-5-7-13(12)16(19)20/h8-9,11-13H,4-7H2,1-3H3,(H,19,20). The Balaban J connectivity index is 2.12. The predicted molar refractivity (Wildman–Crippen MR) is 83.3 cm³/mol. The first-order valence-electron chi connectivity index (χ1n) is 7.47. The Morgan fingerprint density at radius 2 is 1.90 bits per heavy atom. The third-order valence-corrected chi connectivity index (χ3v) is 5.67. The number of nitrogens with zero attached hydrogens (tertiary/aromatic N) is 1. The number of hydrogen-bond donors (Lipinski definition) is 1. The van der Waals surface area contributed by atoms with E-state index in [9.17, 15) is 14.7 Å². The van der Waals surface area contributed by atoms with Gasteiger partial charge in [-0.15, -0.1) is 11.3 Å². The molecule has 2 rings (SSSR count). The molecule has 1 aromatic rings. The minimum atomic E-state index is -0.832. The molecule has 1 amide bonds. The number of thiophene rings is 1. The van der Waals surface area contributed by atoms with Crippen LogP contribution >= 0.6 is 11.3 Å². The fourth-order valence-corrected chi connectivity index (χ4v) is 4.02. The van der Waals surface area contributed by atoms with Crippen LogP contribution in [0.2, 0.25) is 0 Å². The highest BCUT2D eigenvalue weighted by molar-refractivity contribution is 7.12. The Morgan fingerprint density at radius 1 is 1.29 bits per heavy atom. The summed E-state index contributed by atoms with van der Waals surface area (Å²) in [5.74, 6) is -1.75. The van der Waals surface area contributed by atoms with Crippen molar-refractivity contribution in [3.63, 3.8) is 0 Å². The lowest BCUT2D eigenvalue weighted by molar-refractivity contribution is -0.152. The van der Waals surface area contributed by atoms with Crippen LogP contribution in [0, 0.1) is 18.8 Å². The van der Waals surface area contributed by atoms with Crippen molar-refractivity contribution in [3.05, 3.63) is 21.9 Å². The second-order valence-electron chi connectivity index (χ2n) is 5.91. The molecule has 1 aliphatic rings. The molecule has 1 fully saturated rings. The van der Waals surface area contributed by atoms with Crippen molar-refractivity contribution < 1.29 is 14.7 Å². The van der Waals surface area contributed by atoms with Crippen LogP contribution in [-0.4, -0.2) is 28.9 Å². The molecule has 1 saturated carbocycles. The van der Waals surface area contributed by atoms with E-state index in [1.807, 2.05) is 19.9 Å². The van der Waals surface area contributed by atoms with Gasteiger partial charge in [-0.1, -0.05) is 12.8 Å². The zero-order chi connectivity index (χ0) is 15.6. The first-order valence-corrected chi connectivity index (χ1v) is 8.29. The topological polar surface area (TPSA) is 57.6 Å². The number of amides is 1. The monoisotopic (exact) mass is 309 g/mol. The summed E-state index contributed by atoms with van der Waals surface area (Å²) >= 11 is 1.69. The van der Waals surface area contributed by atoms with Crippen molar-refractivity contribution >= 4 is 23.2 Å². The Kier molecular flexibility index (Phi) is 5.04. The Hall–Kier alpha value is -1.36. The van der Waals surface area contributed by atoms with Gasteiger partial charge >= 0.3 is 5.97 Å². The number of carbonyl (C=O) groups excluding carboxylic acids is 1. The summed E-state index contributed by atoms with van der Waals surface area (Å²) in [7, 11) is 1.79. The van der Waals surface area contributed by atoms with Crippen molar-refractivity contribution in [3.8, 4) is 0 Å². The fourth-order valence-electron chi connectivity index (χ4n) is 3.04. The SMILES string of the molecule is Cc1ccc(C(C)N(C)C(=O)C2CCCCC2C(=O)O)s1. The molecular weight excluding hydrogens is 286 g/mol. The van der Waals surface area contributed by atoms with Gasteiger partial charge in [0, 0.05) is 16.8 Å². The van der Waals surface area contributed by atoms with Gasteiger partial charge in [-0.3, -0.25) is 9.59 Å². The van der Waals surface area contributed by atoms with Crippen LogP contribution < -0.4 is 0 Å². The first kappa shape index (κ1) is 16.0. The summed E-state index contributed by atoms with van der Waals surface area (Å²) in [6, 6.07) is 4.09. The van der Waals surface area contributed by atoms with Gasteiger partial charge in [0.25, 0.3) is 0 Å². The van der Waals surface area contributed by atoms with Gasteiger partial charge in [0.05, 0.1) is 17.9 Å². The highest BCUT2D eigenvalue weighted by Crippen LogP contribution is 2.34. The van der Waals surface area contributed by atoms with Crippen molar-refractivity contribution in [2.75, 3.05) is 7.05 Å². The largest absolute Gasteiger partial charge is 0.481 e. The summed E-state index contributed by atoms with van der Waals surface area (Å²) < 4.78 is 0. The van der Waals surface area contributed by atoms with Gasteiger partial charge in [0.15, 0.2) is 0 Å². The summed E-state index contributed by atoms with van der Waals surface area (Å²) in [6.45, 7) is 4.05. The van der Waals surface area contributed by atoms with Crippen LogP contribution in [0.3, 0.4) is 0 Å². The second-order valence-corrected chi connectivity index (χ2v) is 7.23. The lowest BCUT2D eigenvalue weighted by Gasteiger charge is -2.33. The Bertz CT molecular complexity index is 525. The van der Waals surface area contributed by atoms with Gasteiger partial charge in [0.1, 0.15) is 0 Å². The van der Waals surface area contributed by atoms with E-state index in [0.717, 1.165) is 17.7 Å². The maximum atomic E-state index is 12.7. The zero-order valence-corrected chi connectivity index (χ0v) is 13.7. The molecular formula is C16H23NO3S. The van der Waals surface area contributed by atoms with Crippen molar-refractivity contribution in [2.45, 2.75) is 45.6 Å².